The summed E-state index contributed by atoms with van der Waals surface area (Å²) in [5, 5.41) is 7.85. The SMILES string of the molecule is CCOC(=O)c1c(NC(=O)Cn2nc(C)cc2C)sc2c1CC[C@@H](C)C2. The lowest BCUT2D eigenvalue weighted by Gasteiger charge is -2.18. The van der Waals surface area contributed by atoms with Gasteiger partial charge in [0.1, 0.15) is 11.5 Å². The molecule has 1 aliphatic carbocycles. The first-order valence-corrected chi connectivity index (χ1v) is 9.83. The highest BCUT2D eigenvalue weighted by Crippen LogP contribution is 2.40. The van der Waals surface area contributed by atoms with E-state index in [1.54, 1.807) is 11.6 Å². The first kappa shape index (κ1) is 18.6. The van der Waals surface area contributed by atoms with E-state index in [2.05, 4.69) is 17.3 Å². The smallest absolute Gasteiger partial charge is 0.341 e. The molecule has 0 radical (unpaired) electrons. The lowest BCUT2D eigenvalue weighted by molar-refractivity contribution is -0.116. The van der Waals surface area contributed by atoms with Crippen LogP contribution in [0.4, 0.5) is 5.00 Å². The fourth-order valence-corrected chi connectivity index (χ4v) is 4.81. The van der Waals surface area contributed by atoms with Gasteiger partial charge in [-0.1, -0.05) is 6.92 Å². The molecule has 0 aromatic carbocycles. The zero-order chi connectivity index (χ0) is 18.8. The molecule has 2 aromatic heterocycles. The minimum absolute atomic E-state index is 0.126. The van der Waals surface area contributed by atoms with Crippen molar-refractivity contribution in [3.05, 3.63) is 33.5 Å². The predicted molar refractivity (Wildman–Crippen MR) is 102 cm³/mol. The molecule has 0 bridgehead atoms. The van der Waals surface area contributed by atoms with E-state index in [1.165, 1.54) is 16.2 Å². The summed E-state index contributed by atoms with van der Waals surface area (Å²) in [6, 6.07) is 1.93. The Morgan fingerprint density at radius 2 is 2.19 bits per heavy atom. The predicted octanol–water partition coefficient (Wildman–Crippen LogP) is 3.50. The maximum absolute atomic E-state index is 12.5. The monoisotopic (exact) mass is 375 g/mol. The summed E-state index contributed by atoms with van der Waals surface area (Å²) in [4.78, 5) is 26.2. The number of hydrogen-bond donors (Lipinski definition) is 1. The van der Waals surface area contributed by atoms with E-state index in [-0.39, 0.29) is 18.4 Å². The Morgan fingerprint density at radius 3 is 2.85 bits per heavy atom. The molecule has 6 nitrogen and oxygen atoms in total. The zero-order valence-corrected chi connectivity index (χ0v) is 16.5. The van der Waals surface area contributed by atoms with Crippen molar-refractivity contribution in [3.8, 4) is 0 Å². The van der Waals surface area contributed by atoms with Crippen LogP contribution >= 0.6 is 11.3 Å². The van der Waals surface area contributed by atoms with Crippen LogP contribution in [0.25, 0.3) is 0 Å². The van der Waals surface area contributed by atoms with Crippen molar-refractivity contribution in [2.24, 2.45) is 5.92 Å². The highest BCUT2D eigenvalue weighted by Gasteiger charge is 2.29. The van der Waals surface area contributed by atoms with Gasteiger partial charge in [-0.2, -0.15) is 5.10 Å². The second kappa shape index (κ2) is 7.61. The zero-order valence-electron chi connectivity index (χ0n) is 15.7. The number of amides is 1. The van der Waals surface area contributed by atoms with Crippen molar-refractivity contribution in [2.45, 2.75) is 53.5 Å². The Kier molecular flexibility index (Phi) is 5.46. The fraction of sp³-hybridized carbons (Fsp3) is 0.526. The molecular weight excluding hydrogens is 350 g/mol. The van der Waals surface area contributed by atoms with Crippen LogP contribution in [0, 0.1) is 19.8 Å². The molecule has 26 heavy (non-hydrogen) atoms. The second-order valence-electron chi connectivity index (χ2n) is 6.91. The number of thiophene rings is 1. The van der Waals surface area contributed by atoms with Gasteiger partial charge in [0, 0.05) is 10.6 Å². The van der Waals surface area contributed by atoms with E-state index in [9.17, 15) is 9.59 Å². The number of hydrogen-bond acceptors (Lipinski definition) is 5. The molecule has 3 rings (SSSR count). The minimum Gasteiger partial charge on any atom is -0.462 e. The first-order chi connectivity index (χ1) is 12.4. The lowest BCUT2D eigenvalue weighted by atomic mass is 9.88. The van der Waals surface area contributed by atoms with E-state index in [1.807, 2.05) is 19.9 Å². The molecule has 1 N–H and O–H groups in total. The van der Waals surface area contributed by atoms with Crippen molar-refractivity contribution >= 4 is 28.2 Å². The Labute approximate surface area is 157 Å². The summed E-state index contributed by atoms with van der Waals surface area (Å²) in [6.07, 6.45) is 2.85. The van der Waals surface area contributed by atoms with Crippen molar-refractivity contribution in [1.82, 2.24) is 9.78 Å². The van der Waals surface area contributed by atoms with E-state index in [4.69, 9.17) is 4.74 Å². The quantitative estimate of drug-likeness (QED) is 0.812. The molecule has 1 atom stereocenters. The number of fused-ring (bicyclic) bond motifs is 1. The average Bonchev–Trinajstić information content (AvgIpc) is 3.06. The van der Waals surface area contributed by atoms with Gasteiger partial charge in [-0.3, -0.25) is 9.48 Å². The van der Waals surface area contributed by atoms with Gasteiger partial charge in [0.15, 0.2) is 0 Å². The highest BCUT2D eigenvalue weighted by atomic mass is 32.1. The average molecular weight is 375 g/mol. The summed E-state index contributed by atoms with van der Waals surface area (Å²) < 4.78 is 6.91. The van der Waals surface area contributed by atoms with Crippen molar-refractivity contribution < 1.29 is 14.3 Å². The van der Waals surface area contributed by atoms with Crippen LogP contribution in [0.5, 0.6) is 0 Å². The van der Waals surface area contributed by atoms with Gasteiger partial charge >= 0.3 is 5.97 Å². The second-order valence-corrected chi connectivity index (χ2v) is 8.01. The number of nitrogens with one attached hydrogen (secondary N) is 1. The number of esters is 1. The van der Waals surface area contributed by atoms with Crippen LogP contribution in [-0.2, 0) is 28.9 Å². The Bertz CT molecular complexity index is 837. The molecule has 7 heteroatoms. The van der Waals surface area contributed by atoms with Crippen LogP contribution in [0.1, 0.15) is 52.5 Å². The highest BCUT2D eigenvalue weighted by molar-refractivity contribution is 7.17. The topological polar surface area (TPSA) is 73.2 Å². The molecule has 2 heterocycles. The minimum atomic E-state index is -0.346. The van der Waals surface area contributed by atoms with Crippen LogP contribution in [-0.4, -0.2) is 28.3 Å². The maximum atomic E-state index is 12.5. The standard InChI is InChI=1S/C19H25N3O3S/c1-5-25-19(24)17-14-7-6-11(2)8-15(14)26-18(17)20-16(23)10-22-13(4)9-12(3)21-22/h9,11H,5-8,10H2,1-4H3,(H,20,23)/t11-/m1/s1. The Balaban J connectivity index is 1.85. The Morgan fingerprint density at radius 1 is 1.42 bits per heavy atom. The number of carbonyl (C=O) groups excluding carboxylic acids is 2. The number of aromatic nitrogens is 2. The number of anilines is 1. The van der Waals surface area contributed by atoms with Crippen LogP contribution in [0.3, 0.4) is 0 Å². The summed E-state index contributed by atoms with van der Waals surface area (Å²) in [7, 11) is 0. The van der Waals surface area contributed by atoms with E-state index < -0.39 is 0 Å². The first-order valence-electron chi connectivity index (χ1n) is 9.01. The van der Waals surface area contributed by atoms with Crippen LogP contribution in [0.15, 0.2) is 6.07 Å². The van der Waals surface area contributed by atoms with Gasteiger partial charge in [0.2, 0.25) is 5.91 Å². The molecule has 1 amide bonds. The van der Waals surface area contributed by atoms with Crippen molar-refractivity contribution in [3.63, 3.8) is 0 Å². The molecule has 1 aliphatic rings. The third-order valence-corrected chi connectivity index (χ3v) is 5.81. The van der Waals surface area contributed by atoms with Gasteiger partial charge in [-0.15, -0.1) is 11.3 Å². The number of aryl methyl sites for hydroxylation is 2. The molecule has 0 spiro atoms. The van der Waals surface area contributed by atoms with Gasteiger partial charge in [-0.25, -0.2) is 4.79 Å². The summed E-state index contributed by atoms with van der Waals surface area (Å²) in [5.41, 5.74) is 3.40. The van der Waals surface area contributed by atoms with Crippen LogP contribution < -0.4 is 5.32 Å². The molecular formula is C19H25N3O3S. The third kappa shape index (κ3) is 3.82. The maximum Gasteiger partial charge on any atom is 0.341 e. The van der Waals surface area contributed by atoms with Gasteiger partial charge in [-0.05, 0) is 57.6 Å². The molecule has 140 valence electrons. The molecule has 0 unspecified atom stereocenters. The number of ether oxygens (including phenoxy) is 1. The van der Waals surface area contributed by atoms with Crippen molar-refractivity contribution in [1.29, 1.82) is 0 Å². The summed E-state index contributed by atoms with van der Waals surface area (Å²) in [5.74, 6) is 0.0591. The van der Waals surface area contributed by atoms with Crippen molar-refractivity contribution in [2.75, 3.05) is 11.9 Å². The molecule has 0 aliphatic heterocycles. The van der Waals surface area contributed by atoms with Gasteiger partial charge in [0.25, 0.3) is 0 Å². The van der Waals surface area contributed by atoms with E-state index in [0.717, 1.165) is 36.2 Å². The third-order valence-electron chi connectivity index (χ3n) is 4.64. The fourth-order valence-electron chi connectivity index (χ4n) is 3.40. The molecule has 2 aromatic rings. The Hall–Kier alpha value is -2.15. The van der Waals surface area contributed by atoms with Crippen LogP contribution in [0.2, 0.25) is 0 Å². The molecule has 0 saturated carbocycles. The van der Waals surface area contributed by atoms with Gasteiger partial charge in [0.05, 0.1) is 17.9 Å². The number of nitrogens with zero attached hydrogens (tertiary/aromatic N) is 2. The molecule has 0 fully saturated rings. The number of carbonyl (C=O) groups is 2. The van der Waals surface area contributed by atoms with Gasteiger partial charge < -0.3 is 10.1 Å². The summed E-state index contributed by atoms with van der Waals surface area (Å²) >= 11 is 1.51. The van der Waals surface area contributed by atoms with E-state index >= 15 is 0 Å². The largest absolute Gasteiger partial charge is 0.462 e. The van der Waals surface area contributed by atoms with E-state index in [0.29, 0.717) is 23.1 Å². The number of rotatable bonds is 5. The molecule has 0 saturated heterocycles. The lowest BCUT2D eigenvalue weighted by Crippen LogP contribution is -2.21. The normalized spacial score (nSPS) is 16.2. The summed E-state index contributed by atoms with van der Waals surface area (Å²) in [6.45, 7) is 8.27.